The predicted octanol–water partition coefficient (Wildman–Crippen LogP) is 5.69. The topological polar surface area (TPSA) is 37.3 Å². The van der Waals surface area contributed by atoms with Gasteiger partial charge in [0.05, 0.1) is 11.1 Å². The summed E-state index contributed by atoms with van der Waals surface area (Å²) in [6.07, 6.45) is -4.28. The maximum atomic E-state index is 12.2. The molecule has 23 heavy (non-hydrogen) atoms. The van der Waals surface area contributed by atoms with Crippen molar-refractivity contribution in [3.8, 4) is 0 Å². The van der Waals surface area contributed by atoms with Crippen molar-refractivity contribution in [1.82, 2.24) is 0 Å². The number of aromatic carboxylic acids is 1. The molecule has 2 aromatic carbocycles. The fourth-order valence-electron chi connectivity index (χ4n) is 1.57. The van der Waals surface area contributed by atoms with Gasteiger partial charge in [0.2, 0.25) is 0 Å². The number of hydrogen-bond acceptors (Lipinski definition) is 1. The van der Waals surface area contributed by atoms with E-state index in [4.69, 9.17) is 16.7 Å². The molecule has 2 rings (SSSR count). The highest BCUT2D eigenvalue weighted by atomic mass is 35.5. The SMILES string of the molecule is CC(=CCl)c1ccc(C(F)(F)F)cc1.O=C(O)c1ccccc1. The first kappa shape index (κ1) is 18.8. The van der Waals surface area contributed by atoms with E-state index in [9.17, 15) is 18.0 Å². The quantitative estimate of drug-likeness (QED) is 0.761. The van der Waals surface area contributed by atoms with E-state index in [1.807, 2.05) is 0 Å². The van der Waals surface area contributed by atoms with Gasteiger partial charge in [-0.2, -0.15) is 13.2 Å². The average molecular weight is 343 g/mol. The molecule has 0 atom stereocenters. The molecule has 0 bridgehead atoms. The lowest BCUT2D eigenvalue weighted by Gasteiger charge is -2.07. The van der Waals surface area contributed by atoms with Crippen LogP contribution in [0.5, 0.6) is 0 Å². The summed E-state index contributed by atoms with van der Waals surface area (Å²) >= 11 is 5.43. The van der Waals surface area contributed by atoms with Gasteiger partial charge >= 0.3 is 12.1 Å². The summed E-state index contributed by atoms with van der Waals surface area (Å²) in [5.41, 5.74) is 2.44. The first-order valence-corrected chi connectivity index (χ1v) is 6.92. The molecule has 0 heterocycles. The van der Waals surface area contributed by atoms with Crippen LogP contribution in [-0.4, -0.2) is 11.1 Å². The fourth-order valence-corrected chi connectivity index (χ4v) is 1.69. The normalized spacial score (nSPS) is 11.4. The van der Waals surface area contributed by atoms with E-state index in [0.717, 1.165) is 17.7 Å². The van der Waals surface area contributed by atoms with Gasteiger partial charge in [-0.3, -0.25) is 0 Å². The van der Waals surface area contributed by atoms with Crippen LogP contribution in [0.15, 0.2) is 60.1 Å². The largest absolute Gasteiger partial charge is 0.478 e. The van der Waals surface area contributed by atoms with Gasteiger partial charge < -0.3 is 5.11 Å². The molecule has 0 radical (unpaired) electrons. The Morgan fingerprint density at radius 3 is 1.87 bits per heavy atom. The number of carboxylic acid groups (broad SMARTS) is 1. The van der Waals surface area contributed by atoms with Gasteiger partial charge in [0.1, 0.15) is 0 Å². The Hall–Kier alpha value is -2.27. The summed E-state index contributed by atoms with van der Waals surface area (Å²) in [6, 6.07) is 13.2. The number of carbonyl (C=O) groups is 1. The molecule has 0 unspecified atom stereocenters. The second-order valence-corrected chi connectivity index (χ2v) is 4.76. The second kappa shape index (κ2) is 8.39. The summed E-state index contributed by atoms with van der Waals surface area (Å²) in [5.74, 6) is -0.879. The summed E-state index contributed by atoms with van der Waals surface area (Å²) < 4.78 is 36.5. The van der Waals surface area contributed by atoms with Crippen LogP contribution in [0.1, 0.15) is 28.4 Å². The van der Waals surface area contributed by atoms with Crippen molar-refractivity contribution in [3.05, 3.63) is 76.8 Å². The summed E-state index contributed by atoms with van der Waals surface area (Å²) in [7, 11) is 0. The van der Waals surface area contributed by atoms with Crippen molar-refractivity contribution in [2.24, 2.45) is 0 Å². The average Bonchev–Trinajstić information content (AvgIpc) is 2.55. The Kier molecular flexibility index (Phi) is 6.85. The molecule has 0 aliphatic carbocycles. The van der Waals surface area contributed by atoms with Gasteiger partial charge in [0, 0.05) is 5.54 Å². The van der Waals surface area contributed by atoms with Crippen LogP contribution < -0.4 is 0 Å². The number of allylic oxidation sites excluding steroid dienone is 1. The lowest BCUT2D eigenvalue weighted by atomic mass is 10.1. The summed E-state index contributed by atoms with van der Waals surface area (Å²) in [6.45, 7) is 1.73. The minimum atomic E-state index is -4.28. The highest BCUT2D eigenvalue weighted by Crippen LogP contribution is 2.30. The van der Waals surface area contributed by atoms with Crippen LogP contribution >= 0.6 is 11.6 Å². The van der Waals surface area contributed by atoms with Gasteiger partial charge in [0.15, 0.2) is 0 Å². The molecule has 2 nitrogen and oxygen atoms in total. The Balaban J connectivity index is 0.000000253. The lowest BCUT2D eigenvalue weighted by molar-refractivity contribution is -0.137. The van der Waals surface area contributed by atoms with Gasteiger partial charge in [-0.05, 0) is 42.3 Å². The number of alkyl halides is 3. The first-order chi connectivity index (χ1) is 10.8. The third-order valence-electron chi connectivity index (χ3n) is 2.85. The zero-order chi connectivity index (χ0) is 17.5. The Labute approximate surface area is 136 Å². The molecule has 0 spiro atoms. The van der Waals surface area contributed by atoms with Gasteiger partial charge in [-0.25, -0.2) is 4.79 Å². The highest BCUT2D eigenvalue weighted by Gasteiger charge is 2.29. The fraction of sp³-hybridized carbons (Fsp3) is 0.118. The van der Waals surface area contributed by atoms with Crippen molar-refractivity contribution < 1.29 is 23.1 Å². The van der Waals surface area contributed by atoms with Gasteiger partial charge in [0.25, 0.3) is 0 Å². The highest BCUT2D eigenvalue weighted by molar-refractivity contribution is 6.28. The smallest absolute Gasteiger partial charge is 0.416 e. The van der Waals surface area contributed by atoms with Crippen LogP contribution in [0.25, 0.3) is 5.57 Å². The molecule has 0 aliphatic heterocycles. The van der Waals surface area contributed by atoms with E-state index in [1.54, 1.807) is 37.3 Å². The number of benzene rings is 2. The van der Waals surface area contributed by atoms with Crippen LogP contribution in [0.3, 0.4) is 0 Å². The van der Waals surface area contributed by atoms with Crippen molar-refractivity contribution in [2.45, 2.75) is 13.1 Å². The number of hydrogen-bond donors (Lipinski definition) is 1. The van der Waals surface area contributed by atoms with E-state index in [-0.39, 0.29) is 0 Å². The molecule has 0 saturated heterocycles. The molecule has 6 heteroatoms. The van der Waals surface area contributed by atoms with E-state index >= 15 is 0 Å². The zero-order valence-electron chi connectivity index (χ0n) is 12.1. The molecular formula is C17H14ClF3O2. The minimum absolute atomic E-state index is 0.331. The monoisotopic (exact) mass is 342 g/mol. The van der Waals surface area contributed by atoms with Crippen LogP contribution in [0, 0.1) is 0 Å². The number of halogens is 4. The van der Waals surface area contributed by atoms with Crippen molar-refractivity contribution in [3.63, 3.8) is 0 Å². The molecule has 0 saturated carbocycles. The van der Waals surface area contributed by atoms with E-state index in [0.29, 0.717) is 11.1 Å². The minimum Gasteiger partial charge on any atom is -0.478 e. The second-order valence-electron chi connectivity index (χ2n) is 4.54. The maximum absolute atomic E-state index is 12.2. The maximum Gasteiger partial charge on any atom is 0.416 e. The first-order valence-electron chi connectivity index (χ1n) is 6.48. The van der Waals surface area contributed by atoms with Crippen LogP contribution in [0.2, 0.25) is 0 Å². The molecule has 0 fully saturated rings. The van der Waals surface area contributed by atoms with E-state index < -0.39 is 17.7 Å². The van der Waals surface area contributed by atoms with E-state index in [2.05, 4.69) is 0 Å². The van der Waals surface area contributed by atoms with Crippen molar-refractivity contribution >= 4 is 23.1 Å². The van der Waals surface area contributed by atoms with Crippen LogP contribution in [0.4, 0.5) is 13.2 Å². The molecule has 2 aromatic rings. The third-order valence-corrected chi connectivity index (χ3v) is 3.18. The molecule has 0 aliphatic rings. The molecule has 1 N–H and O–H groups in total. The summed E-state index contributed by atoms with van der Waals surface area (Å²) in [4.78, 5) is 10.2. The van der Waals surface area contributed by atoms with Gasteiger partial charge in [-0.1, -0.05) is 41.9 Å². The number of rotatable bonds is 2. The lowest BCUT2D eigenvalue weighted by Crippen LogP contribution is -2.04. The zero-order valence-corrected chi connectivity index (χ0v) is 12.9. The van der Waals surface area contributed by atoms with Gasteiger partial charge in [-0.15, -0.1) is 0 Å². The van der Waals surface area contributed by atoms with Crippen LogP contribution in [-0.2, 0) is 6.18 Å². The molecule has 0 amide bonds. The Morgan fingerprint density at radius 1 is 1.00 bits per heavy atom. The van der Waals surface area contributed by atoms with Crippen molar-refractivity contribution in [1.29, 1.82) is 0 Å². The molecule has 0 aromatic heterocycles. The Bertz CT molecular complexity index is 662. The molecular weight excluding hydrogens is 329 g/mol. The Morgan fingerprint density at radius 2 is 1.52 bits per heavy atom. The predicted molar refractivity (Wildman–Crippen MR) is 84.3 cm³/mol. The standard InChI is InChI=1S/C10H8ClF3.C7H6O2/c1-7(6-11)8-2-4-9(5-3-8)10(12,13)14;8-7(9)6-4-2-1-3-5-6/h2-6H,1H3;1-5H,(H,8,9). The van der Waals surface area contributed by atoms with E-state index in [1.165, 1.54) is 17.7 Å². The van der Waals surface area contributed by atoms with Crippen molar-refractivity contribution in [2.75, 3.05) is 0 Å². The third kappa shape index (κ3) is 6.16. The number of carboxylic acids is 1. The summed E-state index contributed by atoms with van der Waals surface area (Å²) in [5, 5.41) is 8.38. The molecule has 122 valence electrons.